The lowest BCUT2D eigenvalue weighted by Crippen LogP contribution is -2.37. The minimum absolute atomic E-state index is 0.178. The van der Waals surface area contributed by atoms with E-state index in [0.717, 1.165) is 48.5 Å². The molecule has 0 saturated heterocycles. The van der Waals surface area contributed by atoms with Crippen LogP contribution in [0.1, 0.15) is 244 Å². The zero-order valence-corrected chi connectivity index (χ0v) is 49.9. The van der Waals surface area contributed by atoms with E-state index in [0.29, 0.717) is 6.42 Å². The van der Waals surface area contributed by atoms with Crippen LogP contribution in [0.15, 0.2) is 121 Å². The van der Waals surface area contributed by atoms with Gasteiger partial charge in [0.25, 0.3) is 0 Å². The van der Waals surface area contributed by atoms with Crippen LogP contribution in [0.2, 0.25) is 0 Å². The Hall–Kier alpha value is -4.36. The van der Waals surface area contributed by atoms with E-state index in [9.17, 15) is 10.2 Å². The number of ether oxygens (including phenoxy) is 4. The molecule has 0 aliphatic heterocycles. The molecule has 4 aromatic carbocycles. The second kappa shape index (κ2) is 37.5. The van der Waals surface area contributed by atoms with Crippen molar-refractivity contribution in [2.24, 2.45) is 0 Å². The van der Waals surface area contributed by atoms with Crippen LogP contribution in [0.25, 0.3) is 0 Å². The quantitative estimate of drug-likeness (QED) is 0.0339. The molecule has 0 amide bonds. The lowest BCUT2D eigenvalue weighted by atomic mass is 9.77. The highest BCUT2D eigenvalue weighted by molar-refractivity contribution is 5.42. The second-order valence-corrected chi connectivity index (χ2v) is 23.2. The van der Waals surface area contributed by atoms with Gasteiger partial charge in [0, 0.05) is 11.8 Å². The first-order chi connectivity index (χ1) is 37.3. The molecular weight excluding hydrogens is 949 g/mol. The van der Waals surface area contributed by atoms with Crippen LogP contribution >= 0.6 is 0 Å². The van der Waals surface area contributed by atoms with Gasteiger partial charge in [-0.2, -0.15) is 0 Å². The number of hydrogen-bond acceptors (Lipinski definition) is 6. The van der Waals surface area contributed by atoms with Crippen LogP contribution in [0.3, 0.4) is 0 Å². The molecule has 0 aliphatic carbocycles. The van der Waals surface area contributed by atoms with Crippen molar-refractivity contribution in [1.29, 1.82) is 0 Å². The molecule has 0 fully saturated rings. The number of aliphatic hydroxyl groups excluding tert-OH is 2. The van der Waals surface area contributed by atoms with Crippen molar-refractivity contribution in [2.75, 3.05) is 19.8 Å². The number of rotatable bonds is 44. The van der Waals surface area contributed by atoms with Crippen molar-refractivity contribution >= 4 is 0 Å². The molecule has 0 aromatic heterocycles. The van der Waals surface area contributed by atoms with Gasteiger partial charge in [-0.1, -0.05) is 216 Å². The van der Waals surface area contributed by atoms with Crippen molar-refractivity contribution in [2.45, 2.75) is 258 Å². The lowest BCUT2D eigenvalue weighted by Gasteiger charge is -2.33. The smallest absolute Gasteiger partial charge is 0.120 e. The van der Waals surface area contributed by atoms with Gasteiger partial charge in [-0.05, 0) is 155 Å². The predicted octanol–water partition coefficient (Wildman–Crippen LogP) is 19.3. The van der Waals surface area contributed by atoms with E-state index in [-0.39, 0.29) is 25.2 Å². The largest absolute Gasteiger partial charge is 0.491 e. The Morgan fingerprint density at radius 3 is 1.30 bits per heavy atom. The SMILES string of the molecule is CCCCC=CCCCCCCCCCc1cccc(OCC(O)COC(C)(CC)c2ccc(C(C)(C)c3ccc(OC(C)(CC)CC(O)COc4cccc(CCCCCCCCCC=CCCCC)c4)cc3)cc2)c1. The molecule has 0 aliphatic rings. The van der Waals surface area contributed by atoms with Gasteiger partial charge in [0.05, 0.1) is 18.3 Å². The zero-order valence-electron chi connectivity index (χ0n) is 49.9. The minimum atomic E-state index is -0.753. The van der Waals surface area contributed by atoms with Crippen molar-refractivity contribution < 1.29 is 29.2 Å². The fraction of sp³-hybridized carbons (Fsp3) is 0.606. The molecule has 0 spiro atoms. The highest BCUT2D eigenvalue weighted by Gasteiger charge is 2.31. The summed E-state index contributed by atoms with van der Waals surface area (Å²) >= 11 is 0. The molecule has 4 rings (SSSR count). The van der Waals surface area contributed by atoms with Crippen molar-refractivity contribution in [3.05, 3.63) is 149 Å². The third-order valence-electron chi connectivity index (χ3n) is 16.0. The molecule has 4 unspecified atom stereocenters. The van der Waals surface area contributed by atoms with E-state index in [4.69, 9.17) is 18.9 Å². The van der Waals surface area contributed by atoms with Crippen LogP contribution in [0, 0.1) is 0 Å². The molecule has 6 heteroatoms. The summed E-state index contributed by atoms with van der Waals surface area (Å²) in [7, 11) is 0. The minimum Gasteiger partial charge on any atom is -0.491 e. The summed E-state index contributed by atoms with van der Waals surface area (Å²) in [6.45, 7) is 18.0. The first kappa shape index (κ1) is 65.2. The monoisotopic (exact) mass is 1060 g/mol. The molecule has 0 heterocycles. The first-order valence-electron chi connectivity index (χ1n) is 31.0. The van der Waals surface area contributed by atoms with Gasteiger partial charge in [-0.3, -0.25) is 0 Å². The number of benzene rings is 4. The van der Waals surface area contributed by atoms with Crippen LogP contribution in [-0.4, -0.2) is 47.8 Å². The van der Waals surface area contributed by atoms with Crippen molar-refractivity contribution in [3.63, 3.8) is 0 Å². The Morgan fingerprint density at radius 1 is 0.429 bits per heavy atom. The fourth-order valence-electron chi connectivity index (χ4n) is 10.2. The summed E-state index contributed by atoms with van der Waals surface area (Å²) in [5.74, 6) is 2.39. The molecule has 77 heavy (non-hydrogen) atoms. The molecule has 2 N–H and O–H groups in total. The summed E-state index contributed by atoms with van der Waals surface area (Å²) in [6.07, 6.45) is 40.4. The third kappa shape index (κ3) is 26.0. The number of aryl methyl sites for hydroxylation is 2. The molecule has 0 radical (unpaired) electrons. The fourth-order valence-corrected chi connectivity index (χ4v) is 10.2. The topological polar surface area (TPSA) is 77.4 Å². The van der Waals surface area contributed by atoms with Gasteiger partial charge in [0.2, 0.25) is 0 Å². The van der Waals surface area contributed by atoms with Gasteiger partial charge in [-0.25, -0.2) is 0 Å². The Balaban J connectivity index is 1.15. The summed E-state index contributed by atoms with van der Waals surface area (Å²) in [5, 5.41) is 22.2. The van der Waals surface area contributed by atoms with E-state index >= 15 is 0 Å². The molecule has 4 aromatic rings. The maximum Gasteiger partial charge on any atom is 0.120 e. The summed E-state index contributed by atoms with van der Waals surface area (Å²) in [6, 6.07) is 33.9. The van der Waals surface area contributed by atoms with Crippen molar-refractivity contribution in [1.82, 2.24) is 0 Å². The van der Waals surface area contributed by atoms with Crippen LogP contribution in [-0.2, 0) is 28.6 Å². The average Bonchev–Trinajstić information content (AvgIpc) is 3.44. The molecule has 4 atom stereocenters. The van der Waals surface area contributed by atoms with Gasteiger partial charge >= 0.3 is 0 Å². The zero-order chi connectivity index (χ0) is 55.5. The Labute approximate surface area is 470 Å². The van der Waals surface area contributed by atoms with Gasteiger partial charge in [0.15, 0.2) is 0 Å². The lowest BCUT2D eigenvalue weighted by molar-refractivity contribution is -0.0836. The Bertz CT molecular complexity index is 2180. The maximum absolute atomic E-state index is 11.2. The summed E-state index contributed by atoms with van der Waals surface area (Å²) in [4.78, 5) is 0. The number of aliphatic hydroxyl groups is 2. The highest BCUT2D eigenvalue weighted by atomic mass is 16.5. The molecule has 6 nitrogen and oxygen atoms in total. The van der Waals surface area contributed by atoms with E-state index in [2.05, 4.69) is 165 Å². The molecule has 0 saturated carbocycles. The van der Waals surface area contributed by atoms with Gasteiger partial charge in [-0.15, -0.1) is 0 Å². The normalized spacial score (nSPS) is 14.4. The van der Waals surface area contributed by atoms with Crippen LogP contribution in [0.5, 0.6) is 17.2 Å². The Kier molecular flexibility index (Phi) is 31.7. The Morgan fingerprint density at radius 2 is 0.844 bits per heavy atom. The van der Waals surface area contributed by atoms with Gasteiger partial charge in [0.1, 0.15) is 42.2 Å². The van der Waals surface area contributed by atoms with Crippen molar-refractivity contribution in [3.8, 4) is 17.2 Å². The molecule has 0 bridgehead atoms. The van der Waals surface area contributed by atoms with E-state index in [1.165, 1.54) is 164 Å². The number of unbranched alkanes of at least 4 members (excludes halogenated alkanes) is 18. The first-order valence-corrected chi connectivity index (χ1v) is 31.0. The standard InChI is InChI=1S/C71H108O6/c1-9-13-15-17-19-21-23-25-27-29-31-33-35-39-59-41-37-43-67(53-59)74-56-64(72)55-70(7,11-3)77-66-51-49-62(50-52-66)69(5,6)61-45-47-63(48-46-61)71(8,12-4)76-58-65(73)57-75-68-44-38-42-60(54-68)40-36-34-32-30-28-26-24-22-20-18-16-14-10-2/h17-20,37-38,41-54,64-65,72-73H,9-16,21-36,39-40,55-58H2,1-8H3. The van der Waals surface area contributed by atoms with E-state index in [1.807, 2.05) is 12.1 Å². The summed E-state index contributed by atoms with van der Waals surface area (Å²) < 4.78 is 25.3. The number of hydrogen-bond donors (Lipinski definition) is 2. The summed E-state index contributed by atoms with van der Waals surface area (Å²) in [5.41, 5.74) is 4.65. The van der Waals surface area contributed by atoms with Gasteiger partial charge < -0.3 is 29.2 Å². The van der Waals surface area contributed by atoms with Crippen LogP contribution in [0.4, 0.5) is 0 Å². The highest BCUT2D eigenvalue weighted by Crippen LogP contribution is 2.37. The van der Waals surface area contributed by atoms with E-state index in [1.54, 1.807) is 0 Å². The maximum atomic E-state index is 11.2. The van der Waals surface area contributed by atoms with Crippen LogP contribution < -0.4 is 14.2 Å². The predicted molar refractivity (Wildman–Crippen MR) is 327 cm³/mol. The average molecular weight is 1060 g/mol. The molecule has 428 valence electrons. The third-order valence-corrected chi connectivity index (χ3v) is 16.0. The second-order valence-electron chi connectivity index (χ2n) is 23.2. The molecular formula is C71H108O6. The number of allylic oxidation sites excluding steroid dienone is 4. The van der Waals surface area contributed by atoms with E-state index < -0.39 is 23.4 Å².